The van der Waals surface area contributed by atoms with E-state index in [2.05, 4.69) is 36.2 Å². The van der Waals surface area contributed by atoms with Crippen molar-refractivity contribution in [1.29, 1.82) is 0 Å². The lowest BCUT2D eigenvalue weighted by Gasteiger charge is -2.34. The fraction of sp³-hybridized carbons (Fsp3) is 0.467. The van der Waals surface area contributed by atoms with Gasteiger partial charge in [0.05, 0.1) is 5.69 Å². The zero-order chi connectivity index (χ0) is 31.2. The third-order valence-corrected chi connectivity index (χ3v) is 9.52. The molecule has 2 amide bonds. The summed E-state index contributed by atoms with van der Waals surface area (Å²) in [6.07, 6.45) is 3.64. The number of piperidine rings is 2. The van der Waals surface area contributed by atoms with Gasteiger partial charge in [0.25, 0.3) is 5.91 Å². The summed E-state index contributed by atoms with van der Waals surface area (Å²) in [5.74, 6) is 0.107. The number of aromatic nitrogens is 3. The summed E-state index contributed by atoms with van der Waals surface area (Å²) in [6.45, 7) is 7.82. The van der Waals surface area contributed by atoms with E-state index in [1.54, 1.807) is 15.5 Å². The Balaban J connectivity index is 1.18. The first kappa shape index (κ1) is 30.4. The van der Waals surface area contributed by atoms with Gasteiger partial charge in [0.1, 0.15) is 38.8 Å². The highest BCUT2D eigenvalue weighted by molar-refractivity contribution is 9.10. The topological polar surface area (TPSA) is 127 Å². The van der Waals surface area contributed by atoms with E-state index < -0.39 is 11.4 Å². The Morgan fingerprint density at radius 1 is 1.16 bits per heavy atom. The molecule has 1 aromatic carbocycles. The minimum absolute atomic E-state index is 0.136. The minimum atomic E-state index is -0.573. The Bertz CT molecular complexity index is 1710. The van der Waals surface area contributed by atoms with E-state index in [1.807, 2.05) is 26.8 Å². The maximum Gasteiger partial charge on any atom is 0.410 e. The molecular weight excluding hydrogens is 653 g/mol. The zero-order valence-electron chi connectivity index (χ0n) is 24.8. The fourth-order valence-electron chi connectivity index (χ4n) is 5.78. The van der Waals surface area contributed by atoms with Crippen molar-refractivity contribution in [2.45, 2.75) is 64.2 Å². The number of hydrogen-bond donors (Lipinski definition) is 2. The van der Waals surface area contributed by atoms with Crippen LogP contribution < -0.4 is 20.7 Å². The predicted octanol–water partition coefficient (Wildman–Crippen LogP) is 5.60. The molecule has 234 valence electrons. The van der Waals surface area contributed by atoms with Crippen LogP contribution in [0.4, 0.5) is 20.7 Å². The lowest BCUT2D eigenvalue weighted by atomic mass is 10.0. The molecule has 0 bridgehead atoms. The Morgan fingerprint density at radius 2 is 1.93 bits per heavy atom. The number of benzene rings is 1. The summed E-state index contributed by atoms with van der Waals surface area (Å²) in [5, 5.41) is 8.07. The Morgan fingerprint density at radius 3 is 2.68 bits per heavy atom. The third kappa shape index (κ3) is 6.27. The van der Waals surface area contributed by atoms with Crippen molar-refractivity contribution in [2.24, 2.45) is 0 Å². The maximum atomic E-state index is 14.4. The molecule has 0 saturated carbocycles. The number of ether oxygens (including phenoxy) is 2. The van der Waals surface area contributed by atoms with Crippen molar-refractivity contribution >= 4 is 66.4 Å². The summed E-state index contributed by atoms with van der Waals surface area (Å²) in [6, 6.07) is 6.31. The van der Waals surface area contributed by atoms with E-state index in [1.165, 1.54) is 29.8 Å². The van der Waals surface area contributed by atoms with Crippen LogP contribution in [0.15, 0.2) is 35.2 Å². The van der Waals surface area contributed by atoms with Crippen molar-refractivity contribution in [3.05, 3.63) is 45.9 Å². The number of halogens is 2. The number of amides is 2. The smallest absolute Gasteiger partial charge is 0.410 e. The monoisotopic (exact) mass is 687 g/mol. The van der Waals surface area contributed by atoms with Crippen LogP contribution in [-0.4, -0.2) is 75.4 Å². The number of carbonyl (C=O) groups is 2. The number of fused-ring (bicyclic) bond motifs is 2. The first-order valence-corrected chi connectivity index (χ1v) is 16.3. The Hall–Kier alpha value is -3.65. The van der Waals surface area contributed by atoms with Gasteiger partial charge in [-0.25, -0.2) is 18.7 Å². The van der Waals surface area contributed by atoms with Crippen LogP contribution in [0.5, 0.6) is 5.75 Å². The van der Waals surface area contributed by atoms with Crippen LogP contribution >= 0.6 is 27.3 Å². The van der Waals surface area contributed by atoms with Gasteiger partial charge in [0.15, 0.2) is 11.6 Å². The SMILES string of the molecule is CC(C)(C)OC(=O)N1CCC(Oc2c(C(=O)N[C@@H]3CCCN(c4cc(Br)n5ncnc(N)c45)C3)sc3ccc(F)cc23)CC1. The van der Waals surface area contributed by atoms with E-state index in [0.717, 1.165) is 34.4 Å². The molecule has 1 atom stereocenters. The van der Waals surface area contributed by atoms with Crippen molar-refractivity contribution in [3.63, 3.8) is 0 Å². The van der Waals surface area contributed by atoms with E-state index >= 15 is 0 Å². The molecule has 2 fully saturated rings. The number of nitrogens with two attached hydrogens (primary N) is 1. The van der Waals surface area contributed by atoms with Crippen molar-refractivity contribution in [1.82, 2.24) is 24.8 Å². The number of hydrogen-bond acceptors (Lipinski definition) is 9. The van der Waals surface area contributed by atoms with Gasteiger partial charge < -0.3 is 30.3 Å². The second-order valence-corrected chi connectivity index (χ2v) is 14.1. The summed E-state index contributed by atoms with van der Waals surface area (Å²) in [4.78, 5) is 34.8. The number of nitrogens with zero attached hydrogens (tertiary/aromatic N) is 5. The van der Waals surface area contributed by atoms with Crippen LogP contribution in [-0.2, 0) is 4.74 Å². The average Bonchev–Trinajstić information content (AvgIpc) is 3.51. The molecule has 6 rings (SSSR count). The molecule has 2 aliphatic heterocycles. The van der Waals surface area contributed by atoms with Crippen LogP contribution in [0.25, 0.3) is 15.6 Å². The summed E-state index contributed by atoms with van der Waals surface area (Å²) in [5.41, 5.74) is 7.24. The number of thiophene rings is 1. The number of nitrogens with one attached hydrogen (secondary N) is 1. The second kappa shape index (κ2) is 12.0. The summed E-state index contributed by atoms with van der Waals surface area (Å²) in [7, 11) is 0. The van der Waals surface area contributed by atoms with Gasteiger partial charge >= 0.3 is 6.09 Å². The molecule has 0 aliphatic carbocycles. The van der Waals surface area contributed by atoms with E-state index in [0.29, 0.717) is 59.8 Å². The van der Waals surface area contributed by atoms with E-state index in [4.69, 9.17) is 15.2 Å². The van der Waals surface area contributed by atoms with Gasteiger partial charge in [-0.2, -0.15) is 5.10 Å². The zero-order valence-corrected chi connectivity index (χ0v) is 27.2. The minimum Gasteiger partial charge on any atom is -0.488 e. The number of likely N-dealkylation sites (tertiary alicyclic amines) is 1. The van der Waals surface area contributed by atoms with Crippen LogP contribution in [0.3, 0.4) is 0 Å². The second-order valence-electron chi connectivity index (χ2n) is 12.2. The largest absolute Gasteiger partial charge is 0.488 e. The molecule has 0 unspecified atom stereocenters. The standard InChI is InChI=1S/C30H35BrFN7O4S/c1-30(2,3)43-29(41)37-11-8-19(9-12-37)42-25-20-13-17(32)6-7-22(20)44-26(25)28(40)36-18-5-4-10-38(15-18)21-14-23(31)39-24(21)27(33)34-16-35-39/h6-7,13-14,16,18-19H,4-5,8-12,15H2,1-3H3,(H,36,40)(H2,33,34,35)/t18-/m1/s1. The third-order valence-electron chi connectivity index (χ3n) is 7.81. The Labute approximate surface area is 266 Å². The first-order chi connectivity index (χ1) is 21.0. The highest BCUT2D eigenvalue weighted by Gasteiger charge is 2.31. The van der Waals surface area contributed by atoms with Gasteiger partial charge in [-0.15, -0.1) is 11.3 Å². The molecule has 44 heavy (non-hydrogen) atoms. The maximum absolute atomic E-state index is 14.4. The first-order valence-electron chi connectivity index (χ1n) is 14.7. The molecule has 0 spiro atoms. The molecule has 14 heteroatoms. The fourth-order valence-corrected chi connectivity index (χ4v) is 7.29. The van der Waals surface area contributed by atoms with Gasteiger partial charge in [0.2, 0.25) is 0 Å². The van der Waals surface area contributed by atoms with E-state index in [9.17, 15) is 14.0 Å². The van der Waals surface area contributed by atoms with Crippen LogP contribution in [0, 0.1) is 5.82 Å². The lowest BCUT2D eigenvalue weighted by molar-refractivity contribution is 0.0128. The van der Waals surface area contributed by atoms with Crippen molar-refractivity contribution < 1.29 is 23.5 Å². The van der Waals surface area contributed by atoms with Crippen LogP contribution in [0.2, 0.25) is 0 Å². The predicted molar refractivity (Wildman–Crippen MR) is 171 cm³/mol. The number of rotatable bonds is 5. The molecule has 3 N–H and O–H groups in total. The highest BCUT2D eigenvalue weighted by atomic mass is 79.9. The van der Waals surface area contributed by atoms with E-state index in [-0.39, 0.29) is 24.1 Å². The molecule has 3 aromatic heterocycles. The molecule has 2 saturated heterocycles. The molecule has 2 aliphatic rings. The van der Waals surface area contributed by atoms with Gasteiger partial charge in [-0.3, -0.25) is 4.79 Å². The van der Waals surface area contributed by atoms with Gasteiger partial charge in [-0.1, -0.05) is 0 Å². The highest BCUT2D eigenvalue weighted by Crippen LogP contribution is 2.40. The van der Waals surface area contributed by atoms with Crippen molar-refractivity contribution in [3.8, 4) is 5.75 Å². The molecule has 0 radical (unpaired) electrons. The molecule has 5 heterocycles. The number of anilines is 2. The molecule has 11 nitrogen and oxygen atoms in total. The number of carbonyl (C=O) groups excluding carboxylic acids is 2. The lowest BCUT2D eigenvalue weighted by Crippen LogP contribution is -2.47. The average molecular weight is 689 g/mol. The summed E-state index contributed by atoms with van der Waals surface area (Å²) < 4.78 is 29.6. The van der Waals surface area contributed by atoms with Crippen molar-refractivity contribution in [2.75, 3.05) is 36.8 Å². The Kier molecular flexibility index (Phi) is 8.31. The molecule has 4 aromatic rings. The summed E-state index contributed by atoms with van der Waals surface area (Å²) >= 11 is 4.84. The molecular formula is C30H35BrFN7O4S. The van der Waals surface area contributed by atoms with Gasteiger partial charge in [-0.05, 0) is 73.8 Å². The quantitative estimate of drug-likeness (QED) is 0.277. The number of nitrogen functional groups attached to an aromatic ring is 1. The van der Waals surface area contributed by atoms with Crippen LogP contribution in [0.1, 0.15) is 56.1 Å². The van der Waals surface area contributed by atoms with Gasteiger partial charge in [0, 0.05) is 55.1 Å². The normalized spacial score (nSPS) is 18.2.